The van der Waals surface area contributed by atoms with Gasteiger partial charge >= 0.3 is 0 Å². The van der Waals surface area contributed by atoms with Crippen molar-refractivity contribution < 1.29 is 10.2 Å². The van der Waals surface area contributed by atoms with Gasteiger partial charge in [-0.2, -0.15) is 0 Å². The minimum Gasteiger partial charge on any atom is -0.512 e. The van der Waals surface area contributed by atoms with Gasteiger partial charge in [0, 0.05) is 13.0 Å². The molecule has 3 N–H and O–H groups in total. The number of nitrogens with one attached hydrogen (secondary N) is 1. The molecule has 1 unspecified atom stereocenters. The van der Waals surface area contributed by atoms with Gasteiger partial charge in [-0.05, 0) is 42.5 Å². The summed E-state index contributed by atoms with van der Waals surface area (Å²) in [5.41, 5.74) is 3.09. The van der Waals surface area contributed by atoms with Gasteiger partial charge in [-0.3, -0.25) is 0 Å². The van der Waals surface area contributed by atoms with Crippen LogP contribution in [0.4, 0.5) is 0 Å². The highest BCUT2D eigenvalue weighted by Crippen LogP contribution is 2.44. The maximum absolute atomic E-state index is 9.82. The Balaban J connectivity index is 2.15. The molecule has 3 heteroatoms. The van der Waals surface area contributed by atoms with E-state index in [1.165, 1.54) is 5.57 Å². The van der Waals surface area contributed by atoms with Crippen molar-refractivity contribution in [3.05, 3.63) is 34.3 Å². The second-order valence-corrected chi connectivity index (χ2v) is 4.49. The maximum atomic E-state index is 9.82. The zero-order valence-electron chi connectivity index (χ0n) is 8.58. The molecular weight excluding hydrogens is 190 g/mol. The van der Waals surface area contributed by atoms with Crippen molar-refractivity contribution >= 4 is 0 Å². The zero-order chi connectivity index (χ0) is 10.4. The number of hydrogen-bond donors (Lipinski definition) is 3. The standard InChI is InChI=1S/C12H15NO2/c14-9-2-1-7-3-4-13-6-8-5-10(15)12(9)11(7)8/h5,7,13-15H,1-4,6H2. The topological polar surface area (TPSA) is 52.5 Å². The molecule has 0 aromatic rings. The SMILES string of the molecule is OC1=CC2=C3C1=C(O)CCC3CCNC2. The lowest BCUT2D eigenvalue weighted by Crippen LogP contribution is -2.18. The van der Waals surface area contributed by atoms with Crippen molar-refractivity contribution in [1.82, 2.24) is 5.32 Å². The summed E-state index contributed by atoms with van der Waals surface area (Å²) < 4.78 is 0. The lowest BCUT2D eigenvalue weighted by atomic mass is 9.81. The Hall–Kier alpha value is -1.22. The molecule has 0 radical (unpaired) electrons. The normalized spacial score (nSPS) is 30.1. The van der Waals surface area contributed by atoms with Crippen LogP contribution in [0.2, 0.25) is 0 Å². The average molecular weight is 205 g/mol. The molecule has 3 aliphatic rings. The van der Waals surface area contributed by atoms with E-state index in [0.717, 1.165) is 37.1 Å². The summed E-state index contributed by atoms with van der Waals surface area (Å²) in [6.45, 7) is 1.84. The second kappa shape index (κ2) is 3.14. The van der Waals surface area contributed by atoms with Gasteiger partial charge in [-0.25, -0.2) is 0 Å². The van der Waals surface area contributed by atoms with Crippen LogP contribution in [0.3, 0.4) is 0 Å². The quantitative estimate of drug-likeness (QED) is 0.566. The molecule has 1 aliphatic heterocycles. The molecule has 0 fully saturated rings. The molecule has 0 amide bonds. The van der Waals surface area contributed by atoms with Crippen LogP contribution in [0.15, 0.2) is 34.3 Å². The summed E-state index contributed by atoms with van der Waals surface area (Å²) in [5.74, 6) is 1.14. The third-order valence-corrected chi connectivity index (χ3v) is 3.59. The van der Waals surface area contributed by atoms with E-state index in [1.807, 2.05) is 0 Å². The summed E-state index contributed by atoms with van der Waals surface area (Å²) in [6, 6.07) is 0. The molecule has 0 bridgehead atoms. The first-order valence-electron chi connectivity index (χ1n) is 5.54. The predicted molar refractivity (Wildman–Crippen MR) is 57.6 cm³/mol. The van der Waals surface area contributed by atoms with Crippen LogP contribution in [0.1, 0.15) is 19.3 Å². The second-order valence-electron chi connectivity index (χ2n) is 4.49. The number of aliphatic hydroxyl groups excluding tert-OH is 2. The Morgan fingerprint density at radius 1 is 1.27 bits per heavy atom. The van der Waals surface area contributed by atoms with E-state index < -0.39 is 0 Å². The minimum absolute atomic E-state index is 0.255. The van der Waals surface area contributed by atoms with Crippen molar-refractivity contribution in [2.75, 3.05) is 13.1 Å². The van der Waals surface area contributed by atoms with E-state index in [2.05, 4.69) is 5.32 Å². The summed E-state index contributed by atoms with van der Waals surface area (Å²) in [7, 11) is 0. The van der Waals surface area contributed by atoms with Gasteiger partial charge in [0.25, 0.3) is 0 Å². The van der Waals surface area contributed by atoms with Crippen LogP contribution in [0.5, 0.6) is 0 Å². The molecule has 0 aromatic carbocycles. The van der Waals surface area contributed by atoms with E-state index in [0.29, 0.717) is 18.1 Å². The van der Waals surface area contributed by atoms with Crippen LogP contribution in [0.25, 0.3) is 0 Å². The van der Waals surface area contributed by atoms with Crippen LogP contribution in [-0.2, 0) is 0 Å². The van der Waals surface area contributed by atoms with Gasteiger partial charge in [0.15, 0.2) is 0 Å². The summed E-state index contributed by atoms with van der Waals surface area (Å²) in [6.07, 6.45) is 4.62. The van der Waals surface area contributed by atoms with Crippen molar-refractivity contribution in [3.63, 3.8) is 0 Å². The largest absolute Gasteiger partial charge is 0.512 e. The molecule has 2 aliphatic carbocycles. The zero-order valence-corrected chi connectivity index (χ0v) is 8.58. The minimum atomic E-state index is 0.255. The highest BCUT2D eigenvalue weighted by atomic mass is 16.3. The monoisotopic (exact) mass is 205 g/mol. The van der Waals surface area contributed by atoms with E-state index in [1.54, 1.807) is 6.08 Å². The van der Waals surface area contributed by atoms with Crippen molar-refractivity contribution in [1.29, 1.82) is 0 Å². The van der Waals surface area contributed by atoms with Crippen molar-refractivity contribution in [2.45, 2.75) is 19.3 Å². The Morgan fingerprint density at radius 2 is 2.13 bits per heavy atom. The third-order valence-electron chi connectivity index (χ3n) is 3.59. The van der Waals surface area contributed by atoms with Crippen LogP contribution < -0.4 is 5.32 Å². The van der Waals surface area contributed by atoms with Gasteiger partial charge < -0.3 is 15.5 Å². The molecule has 80 valence electrons. The Morgan fingerprint density at radius 3 is 3.00 bits per heavy atom. The van der Waals surface area contributed by atoms with Gasteiger partial charge in [0.2, 0.25) is 0 Å². The van der Waals surface area contributed by atoms with E-state index in [4.69, 9.17) is 0 Å². The van der Waals surface area contributed by atoms with E-state index in [-0.39, 0.29) is 5.76 Å². The Bertz CT molecular complexity index is 404. The van der Waals surface area contributed by atoms with E-state index in [9.17, 15) is 10.2 Å². The highest BCUT2D eigenvalue weighted by Gasteiger charge is 2.34. The lowest BCUT2D eigenvalue weighted by molar-refractivity contribution is 0.333. The molecule has 0 spiro atoms. The summed E-state index contributed by atoms with van der Waals surface area (Å²) in [5, 5.41) is 23.0. The summed E-state index contributed by atoms with van der Waals surface area (Å²) in [4.78, 5) is 0. The molecule has 15 heavy (non-hydrogen) atoms. The van der Waals surface area contributed by atoms with Crippen LogP contribution in [0, 0.1) is 5.92 Å². The maximum Gasteiger partial charge on any atom is 0.126 e. The average Bonchev–Trinajstić information content (AvgIpc) is 2.43. The van der Waals surface area contributed by atoms with Gasteiger partial charge in [-0.1, -0.05) is 0 Å². The molecule has 0 aromatic heterocycles. The Kier molecular flexibility index (Phi) is 1.89. The molecule has 1 atom stereocenters. The molecule has 3 rings (SSSR count). The van der Waals surface area contributed by atoms with Crippen molar-refractivity contribution in [2.24, 2.45) is 5.92 Å². The smallest absolute Gasteiger partial charge is 0.126 e. The number of aliphatic hydroxyl groups is 2. The lowest BCUT2D eigenvalue weighted by Gasteiger charge is -2.25. The van der Waals surface area contributed by atoms with Gasteiger partial charge in [-0.15, -0.1) is 0 Å². The van der Waals surface area contributed by atoms with E-state index >= 15 is 0 Å². The first-order valence-corrected chi connectivity index (χ1v) is 5.54. The van der Waals surface area contributed by atoms with Gasteiger partial charge in [0.1, 0.15) is 11.5 Å². The van der Waals surface area contributed by atoms with Gasteiger partial charge in [0.05, 0.1) is 5.57 Å². The third kappa shape index (κ3) is 1.23. The summed E-state index contributed by atoms with van der Waals surface area (Å²) >= 11 is 0. The predicted octanol–water partition coefficient (Wildman–Crippen LogP) is 1.95. The molecule has 3 nitrogen and oxygen atoms in total. The fourth-order valence-corrected chi connectivity index (χ4v) is 2.90. The molecule has 1 heterocycles. The fraction of sp³-hybridized carbons (Fsp3) is 0.500. The number of rotatable bonds is 0. The van der Waals surface area contributed by atoms with Crippen LogP contribution in [-0.4, -0.2) is 23.3 Å². The van der Waals surface area contributed by atoms with Crippen LogP contribution >= 0.6 is 0 Å². The number of hydrogen-bond acceptors (Lipinski definition) is 3. The van der Waals surface area contributed by atoms with Crippen molar-refractivity contribution in [3.8, 4) is 0 Å². The highest BCUT2D eigenvalue weighted by molar-refractivity contribution is 5.60. The first-order chi connectivity index (χ1) is 7.27. The Labute approximate surface area is 88.8 Å². The number of allylic oxidation sites excluding steroid dienone is 2. The molecule has 0 saturated heterocycles. The fourth-order valence-electron chi connectivity index (χ4n) is 2.90. The first kappa shape index (κ1) is 9.04. The molecule has 0 saturated carbocycles. The molecular formula is C12H15NO2.